The maximum Gasteiger partial charge on any atom is 0.0670 e. The van der Waals surface area contributed by atoms with E-state index in [1.54, 1.807) is 0 Å². The number of hydrogen-bond acceptors (Lipinski definition) is 3. The maximum absolute atomic E-state index is 9.45. The fraction of sp³-hybridized carbons (Fsp3) is 1.00. The normalized spacial score (nSPS) is 28.8. The molecule has 0 amide bonds. The summed E-state index contributed by atoms with van der Waals surface area (Å²) in [6.45, 7) is 0.609. The molecular weight excluding hydrogens is 146 g/mol. The van der Waals surface area contributed by atoms with Gasteiger partial charge in [-0.1, -0.05) is 0 Å². The Labute approximate surface area is 66.2 Å². The topological polar surface area (TPSA) is 46.2 Å². The largest absolute Gasteiger partial charge is 0.392 e. The third kappa shape index (κ3) is 2.15. The van der Waals surface area contributed by atoms with E-state index in [1.807, 2.05) is 11.8 Å². The van der Waals surface area contributed by atoms with Crippen molar-refractivity contribution >= 4 is 11.8 Å². The highest BCUT2D eigenvalue weighted by atomic mass is 32.2. The molecule has 3 N–H and O–H groups in total. The van der Waals surface area contributed by atoms with Gasteiger partial charge in [0, 0.05) is 5.25 Å². The summed E-state index contributed by atoms with van der Waals surface area (Å²) in [4.78, 5) is 0. The van der Waals surface area contributed by atoms with Crippen LogP contribution in [0.25, 0.3) is 0 Å². The number of rotatable bonds is 3. The van der Waals surface area contributed by atoms with Crippen molar-refractivity contribution in [1.82, 2.24) is 0 Å². The molecule has 0 aromatic carbocycles. The Bertz CT molecular complexity index is 93.6. The van der Waals surface area contributed by atoms with Crippen molar-refractivity contribution < 1.29 is 5.11 Å². The van der Waals surface area contributed by atoms with Gasteiger partial charge in [0.1, 0.15) is 0 Å². The summed E-state index contributed by atoms with van der Waals surface area (Å²) >= 11 is 1.88. The summed E-state index contributed by atoms with van der Waals surface area (Å²) in [6, 6.07) is 0. The Morgan fingerprint density at radius 3 is 3.00 bits per heavy atom. The van der Waals surface area contributed by atoms with Crippen LogP contribution in [0.5, 0.6) is 0 Å². The molecule has 2 nitrogen and oxygen atoms in total. The quantitative estimate of drug-likeness (QED) is 0.637. The predicted molar refractivity (Wildman–Crippen MR) is 45.2 cm³/mol. The molecule has 1 aliphatic rings. The van der Waals surface area contributed by atoms with Gasteiger partial charge in [0.05, 0.1) is 6.10 Å². The van der Waals surface area contributed by atoms with Crippen molar-refractivity contribution in [1.29, 1.82) is 0 Å². The molecular formula is C7H15NOS. The first kappa shape index (κ1) is 8.37. The van der Waals surface area contributed by atoms with Crippen molar-refractivity contribution in [2.24, 2.45) is 5.73 Å². The second-order valence-corrected chi connectivity index (χ2v) is 4.04. The van der Waals surface area contributed by atoms with E-state index in [4.69, 9.17) is 5.73 Å². The van der Waals surface area contributed by atoms with Crippen molar-refractivity contribution in [3.63, 3.8) is 0 Å². The fourth-order valence-electron chi connectivity index (χ4n) is 1.26. The lowest BCUT2D eigenvalue weighted by atomic mass is 10.1. The van der Waals surface area contributed by atoms with Gasteiger partial charge < -0.3 is 10.8 Å². The molecule has 60 valence electrons. The SMILES string of the molecule is NCC[C@H](O)C1CCCS1. The summed E-state index contributed by atoms with van der Waals surface area (Å²) in [7, 11) is 0. The summed E-state index contributed by atoms with van der Waals surface area (Å²) < 4.78 is 0. The summed E-state index contributed by atoms with van der Waals surface area (Å²) in [5.41, 5.74) is 5.33. The van der Waals surface area contributed by atoms with Crippen molar-refractivity contribution in [3.8, 4) is 0 Å². The Morgan fingerprint density at radius 1 is 1.70 bits per heavy atom. The number of hydrogen-bond donors (Lipinski definition) is 2. The van der Waals surface area contributed by atoms with Gasteiger partial charge in [-0.05, 0) is 31.6 Å². The van der Waals surface area contributed by atoms with Crippen LogP contribution in [0.2, 0.25) is 0 Å². The minimum absolute atomic E-state index is 0.155. The molecule has 1 fully saturated rings. The Hall–Kier alpha value is 0.270. The third-order valence-corrected chi connectivity index (χ3v) is 3.36. The zero-order chi connectivity index (χ0) is 7.40. The van der Waals surface area contributed by atoms with Crippen LogP contribution in [0, 0.1) is 0 Å². The Kier molecular flexibility index (Phi) is 3.52. The van der Waals surface area contributed by atoms with Gasteiger partial charge in [-0.3, -0.25) is 0 Å². The fourth-order valence-corrected chi connectivity index (χ4v) is 2.59. The first-order valence-corrected chi connectivity index (χ1v) is 4.89. The maximum atomic E-state index is 9.45. The van der Waals surface area contributed by atoms with Crippen LogP contribution in [-0.2, 0) is 0 Å². The lowest BCUT2D eigenvalue weighted by Crippen LogP contribution is -2.23. The van der Waals surface area contributed by atoms with E-state index in [0.29, 0.717) is 11.8 Å². The van der Waals surface area contributed by atoms with E-state index in [2.05, 4.69) is 0 Å². The highest BCUT2D eigenvalue weighted by molar-refractivity contribution is 8.00. The monoisotopic (exact) mass is 161 g/mol. The predicted octanol–water partition coefficient (Wildman–Crippen LogP) is 0.592. The molecule has 1 heterocycles. The molecule has 2 atom stereocenters. The third-order valence-electron chi connectivity index (χ3n) is 1.86. The smallest absolute Gasteiger partial charge is 0.0670 e. The van der Waals surface area contributed by atoms with E-state index < -0.39 is 0 Å². The van der Waals surface area contributed by atoms with E-state index in [-0.39, 0.29) is 6.10 Å². The second-order valence-electron chi connectivity index (χ2n) is 2.70. The average molecular weight is 161 g/mol. The molecule has 10 heavy (non-hydrogen) atoms. The van der Waals surface area contributed by atoms with Gasteiger partial charge >= 0.3 is 0 Å². The molecule has 0 aromatic heterocycles. The molecule has 1 saturated heterocycles. The molecule has 1 rings (SSSR count). The van der Waals surface area contributed by atoms with Crippen LogP contribution in [0.15, 0.2) is 0 Å². The minimum Gasteiger partial charge on any atom is -0.392 e. The summed E-state index contributed by atoms with van der Waals surface area (Å²) in [5.74, 6) is 1.21. The lowest BCUT2D eigenvalue weighted by molar-refractivity contribution is 0.162. The molecule has 3 heteroatoms. The number of thioether (sulfide) groups is 1. The first-order valence-electron chi connectivity index (χ1n) is 3.84. The Morgan fingerprint density at radius 2 is 2.50 bits per heavy atom. The van der Waals surface area contributed by atoms with E-state index >= 15 is 0 Å². The molecule has 0 aliphatic carbocycles. The van der Waals surface area contributed by atoms with E-state index in [1.165, 1.54) is 18.6 Å². The van der Waals surface area contributed by atoms with Crippen LogP contribution in [0.1, 0.15) is 19.3 Å². The minimum atomic E-state index is -0.155. The van der Waals surface area contributed by atoms with Crippen LogP contribution in [0.4, 0.5) is 0 Å². The van der Waals surface area contributed by atoms with Gasteiger partial charge in [0.25, 0.3) is 0 Å². The summed E-state index contributed by atoms with van der Waals surface area (Å²) in [6.07, 6.45) is 3.04. The van der Waals surface area contributed by atoms with Gasteiger partial charge in [-0.15, -0.1) is 0 Å². The Balaban J connectivity index is 2.18. The number of aliphatic hydroxyl groups excluding tert-OH is 1. The zero-order valence-corrected chi connectivity index (χ0v) is 6.94. The van der Waals surface area contributed by atoms with Crippen molar-refractivity contribution in [2.45, 2.75) is 30.6 Å². The highest BCUT2D eigenvalue weighted by Gasteiger charge is 2.22. The molecule has 1 unspecified atom stereocenters. The number of nitrogens with two attached hydrogens (primary N) is 1. The van der Waals surface area contributed by atoms with Crippen molar-refractivity contribution in [2.75, 3.05) is 12.3 Å². The number of aliphatic hydroxyl groups is 1. The van der Waals surface area contributed by atoms with Crippen LogP contribution >= 0.6 is 11.8 Å². The molecule has 0 aromatic rings. The van der Waals surface area contributed by atoms with E-state index in [0.717, 1.165) is 6.42 Å². The van der Waals surface area contributed by atoms with Crippen molar-refractivity contribution in [3.05, 3.63) is 0 Å². The van der Waals surface area contributed by atoms with Crippen LogP contribution < -0.4 is 5.73 Å². The highest BCUT2D eigenvalue weighted by Crippen LogP contribution is 2.29. The zero-order valence-electron chi connectivity index (χ0n) is 6.12. The average Bonchev–Trinajstić information content (AvgIpc) is 2.38. The van der Waals surface area contributed by atoms with Gasteiger partial charge in [-0.2, -0.15) is 11.8 Å². The molecule has 0 spiro atoms. The van der Waals surface area contributed by atoms with Crippen LogP contribution in [0.3, 0.4) is 0 Å². The molecule has 0 saturated carbocycles. The molecule has 1 aliphatic heterocycles. The summed E-state index contributed by atoms with van der Waals surface area (Å²) in [5, 5.41) is 9.92. The van der Waals surface area contributed by atoms with Gasteiger partial charge in [0.15, 0.2) is 0 Å². The standard InChI is InChI=1S/C7H15NOS/c8-4-3-6(9)7-2-1-5-10-7/h6-7,9H,1-5,8H2/t6-,7?/m0/s1. The second kappa shape index (κ2) is 4.21. The van der Waals surface area contributed by atoms with Gasteiger partial charge in [-0.25, -0.2) is 0 Å². The first-order chi connectivity index (χ1) is 4.84. The molecule has 0 bridgehead atoms. The molecule has 0 radical (unpaired) electrons. The van der Waals surface area contributed by atoms with E-state index in [9.17, 15) is 5.11 Å². The lowest BCUT2D eigenvalue weighted by Gasteiger charge is -2.15. The van der Waals surface area contributed by atoms with Gasteiger partial charge in [0.2, 0.25) is 0 Å². The van der Waals surface area contributed by atoms with Crippen LogP contribution in [-0.4, -0.2) is 28.8 Å².